The molecule has 102 valence electrons. The molecule has 6 heteroatoms. The van der Waals surface area contributed by atoms with Crippen LogP contribution in [0.15, 0.2) is 18.5 Å². The first kappa shape index (κ1) is 13.6. The number of hydrazine groups is 1. The van der Waals surface area contributed by atoms with Gasteiger partial charge in [-0.3, -0.25) is 16.0 Å². The molecule has 0 aromatic carbocycles. The zero-order valence-electron chi connectivity index (χ0n) is 11.6. The molecule has 0 saturated heterocycles. The quantitative estimate of drug-likeness (QED) is 0.614. The largest absolute Gasteiger partial charge is 0.276 e. The zero-order valence-corrected chi connectivity index (χ0v) is 11.6. The van der Waals surface area contributed by atoms with Crippen molar-refractivity contribution in [1.82, 2.24) is 25.4 Å². The average molecular weight is 260 g/mol. The van der Waals surface area contributed by atoms with Gasteiger partial charge in [-0.15, -0.1) is 0 Å². The van der Waals surface area contributed by atoms with E-state index in [0.29, 0.717) is 0 Å². The van der Waals surface area contributed by atoms with Gasteiger partial charge in [-0.05, 0) is 37.0 Å². The summed E-state index contributed by atoms with van der Waals surface area (Å²) in [7, 11) is 1.91. The minimum absolute atomic E-state index is 0.0216. The third-order valence-corrected chi connectivity index (χ3v) is 3.14. The van der Waals surface area contributed by atoms with Gasteiger partial charge in [-0.2, -0.15) is 15.3 Å². The number of hydrogen-bond donors (Lipinski definition) is 2. The molecule has 0 aliphatic heterocycles. The summed E-state index contributed by atoms with van der Waals surface area (Å²) in [5.74, 6) is 5.71. The van der Waals surface area contributed by atoms with Crippen LogP contribution in [0.3, 0.4) is 0 Å². The summed E-state index contributed by atoms with van der Waals surface area (Å²) in [5, 5.41) is 12.5. The predicted octanol–water partition coefficient (Wildman–Crippen LogP) is 0.828. The van der Waals surface area contributed by atoms with E-state index < -0.39 is 0 Å². The van der Waals surface area contributed by atoms with Crippen LogP contribution in [-0.2, 0) is 19.9 Å². The number of nitrogens with zero attached hydrogens (tertiary/aromatic N) is 4. The minimum Gasteiger partial charge on any atom is -0.276 e. The zero-order chi connectivity index (χ0) is 13.8. The molecule has 2 heterocycles. The second-order valence-electron chi connectivity index (χ2n) is 4.69. The topological polar surface area (TPSA) is 81.7 Å². The first-order chi connectivity index (χ1) is 9.13. The Bertz CT molecular complexity index is 548. The van der Waals surface area contributed by atoms with Crippen LogP contribution in [0.1, 0.15) is 35.5 Å². The third kappa shape index (κ3) is 3.15. The Balaban J connectivity index is 2.28. The fourth-order valence-electron chi connectivity index (χ4n) is 2.18. The number of hydrogen-bond acceptors (Lipinski definition) is 5. The maximum atomic E-state index is 5.71. The van der Waals surface area contributed by atoms with Gasteiger partial charge >= 0.3 is 0 Å². The molecule has 0 aliphatic carbocycles. The summed E-state index contributed by atoms with van der Waals surface area (Å²) in [6, 6.07) is 2.07. The highest BCUT2D eigenvalue weighted by atomic mass is 15.2. The molecule has 3 N–H and O–H groups in total. The molecule has 0 radical (unpaired) electrons. The Hall–Kier alpha value is -1.79. The highest BCUT2D eigenvalue weighted by molar-refractivity contribution is 5.26. The van der Waals surface area contributed by atoms with Crippen LogP contribution in [0, 0.1) is 6.92 Å². The van der Waals surface area contributed by atoms with Crippen LogP contribution < -0.4 is 11.3 Å². The smallest absolute Gasteiger partial charge is 0.0676 e. The molecular formula is C13H20N6. The SMILES string of the molecule is CCc1nnc(C)cc1C(Cc1cnn(C)c1)NN. The lowest BCUT2D eigenvalue weighted by atomic mass is 9.98. The van der Waals surface area contributed by atoms with Crippen LogP contribution in [-0.4, -0.2) is 20.0 Å². The van der Waals surface area contributed by atoms with Crippen LogP contribution in [0.4, 0.5) is 0 Å². The Morgan fingerprint density at radius 3 is 2.79 bits per heavy atom. The standard InChI is InChI=1S/C13H20N6/c1-4-12-11(5-9(2)17-18-12)13(16-14)6-10-7-15-19(3)8-10/h5,7-8,13,16H,4,6,14H2,1-3H3. The van der Waals surface area contributed by atoms with Crippen molar-refractivity contribution in [3.63, 3.8) is 0 Å². The molecule has 2 aromatic heterocycles. The van der Waals surface area contributed by atoms with Crippen molar-refractivity contribution in [1.29, 1.82) is 0 Å². The average Bonchev–Trinajstić information content (AvgIpc) is 2.81. The molecule has 2 rings (SSSR count). The van der Waals surface area contributed by atoms with E-state index in [2.05, 4.69) is 27.6 Å². The molecule has 0 amide bonds. The van der Waals surface area contributed by atoms with E-state index in [1.165, 1.54) is 0 Å². The van der Waals surface area contributed by atoms with E-state index >= 15 is 0 Å². The number of rotatable bonds is 5. The van der Waals surface area contributed by atoms with Gasteiger partial charge in [0.05, 0.1) is 23.6 Å². The van der Waals surface area contributed by atoms with Gasteiger partial charge in [0.2, 0.25) is 0 Å². The van der Waals surface area contributed by atoms with Gasteiger partial charge in [0.25, 0.3) is 0 Å². The van der Waals surface area contributed by atoms with Gasteiger partial charge in [-0.1, -0.05) is 6.92 Å². The number of aryl methyl sites for hydroxylation is 3. The lowest BCUT2D eigenvalue weighted by Gasteiger charge is -2.18. The summed E-state index contributed by atoms with van der Waals surface area (Å²) in [6.07, 6.45) is 5.48. The normalized spacial score (nSPS) is 12.6. The molecule has 2 aromatic rings. The maximum Gasteiger partial charge on any atom is 0.0676 e. The summed E-state index contributed by atoms with van der Waals surface area (Å²) in [5.41, 5.74) is 7.01. The van der Waals surface area contributed by atoms with E-state index in [4.69, 9.17) is 5.84 Å². The highest BCUT2D eigenvalue weighted by Crippen LogP contribution is 2.20. The molecule has 1 atom stereocenters. The minimum atomic E-state index is 0.0216. The van der Waals surface area contributed by atoms with Crippen molar-refractivity contribution in [3.05, 3.63) is 41.0 Å². The van der Waals surface area contributed by atoms with Crippen molar-refractivity contribution >= 4 is 0 Å². The lowest BCUT2D eigenvalue weighted by molar-refractivity contribution is 0.541. The summed E-state index contributed by atoms with van der Waals surface area (Å²) >= 11 is 0. The fourth-order valence-corrected chi connectivity index (χ4v) is 2.18. The lowest BCUT2D eigenvalue weighted by Crippen LogP contribution is -2.30. The summed E-state index contributed by atoms with van der Waals surface area (Å²) < 4.78 is 1.79. The van der Waals surface area contributed by atoms with Crippen LogP contribution in [0.5, 0.6) is 0 Å². The van der Waals surface area contributed by atoms with E-state index in [1.807, 2.05) is 32.4 Å². The summed E-state index contributed by atoms with van der Waals surface area (Å²) in [6.45, 7) is 4.01. The molecule has 6 nitrogen and oxygen atoms in total. The second kappa shape index (κ2) is 5.90. The van der Waals surface area contributed by atoms with Gasteiger partial charge in [0.1, 0.15) is 0 Å². The molecule has 1 unspecified atom stereocenters. The van der Waals surface area contributed by atoms with Crippen molar-refractivity contribution in [3.8, 4) is 0 Å². The van der Waals surface area contributed by atoms with Crippen molar-refractivity contribution in [2.24, 2.45) is 12.9 Å². The van der Waals surface area contributed by atoms with E-state index in [0.717, 1.165) is 35.4 Å². The van der Waals surface area contributed by atoms with Gasteiger partial charge < -0.3 is 0 Å². The molecule has 0 bridgehead atoms. The maximum absolute atomic E-state index is 5.71. The fraction of sp³-hybridized carbons (Fsp3) is 0.462. The Morgan fingerprint density at radius 1 is 1.42 bits per heavy atom. The number of nitrogens with two attached hydrogens (primary N) is 1. The molecule has 0 fully saturated rings. The van der Waals surface area contributed by atoms with Crippen molar-refractivity contribution < 1.29 is 0 Å². The third-order valence-electron chi connectivity index (χ3n) is 3.14. The van der Waals surface area contributed by atoms with Crippen LogP contribution in [0.2, 0.25) is 0 Å². The molecular weight excluding hydrogens is 240 g/mol. The first-order valence-electron chi connectivity index (χ1n) is 6.40. The Labute approximate surface area is 113 Å². The molecule has 19 heavy (non-hydrogen) atoms. The van der Waals surface area contributed by atoms with Gasteiger partial charge in [0, 0.05) is 13.2 Å². The number of nitrogens with one attached hydrogen (secondary N) is 1. The van der Waals surface area contributed by atoms with E-state index in [-0.39, 0.29) is 6.04 Å². The summed E-state index contributed by atoms with van der Waals surface area (Å²) in [4.78, 5) is 0. The first-order valence-corrected chi connectivity index (χ1v) is 6.40. The van der Waals surface area contributed by atoms with Crippen molar-refractivity contribution in [2.45, 2.75) is 32.7 Å². The second-order valence-corrected chi connectivity index (χ2v) is 4.69. The highest BCUT2D eigenvalue weighted by Gasteiger charge is 2.16. The molecule has 0 spiro atoms. The Morgan fingerprint density at radius 2 is 2.21 bits per heavy atom. The number of aromatic nitrogens is 4. The predicted molar refractivity (Wildman–Crippen MR) is 73.1 cm³/mol. The monoisotopic (exact) mass is 260 g/mol. The van der Waals surface area contributed by atoms with Crippen molar-refractivity contribution in [2.75, 3.05) is 0 Å². The van der Waals surface area contributed by atoms with Crippen LogP contribution >= 0.6 is 0 Å². The Kier molecular flexibility index (Phi) is 4.24. The van der Waals surface area contributed by atoms with Crippen LogP contribution in [0.25, 0.3) is 0 Å². The van der Waals surface area contributed by atoms with E-state index in [9.17, 15) is 0 Å². The van der Waals surface area contributed by atoms with Gasteiger partial charge in [-0.25, -0.2) is 0 Å². The molecule has 0 aliphatic rings. The van der Waals surface area contributed by atoms with Gasteiger partial charge in [0.15, 0.2) is 0 Å². The molecule has 0 saturated carbocycles. The van der Waals surface area contributed by atoms with E-state index in [1.54, 1.807) is 4.68 Å².